The van der Waals surface area contributed by atoms with E-state index < -0.39 is 0 Å². The largest absolute Gasteiger partial charge is 0.103 e. The second-order valence-corrected chi connectivity index (χ2v) is 4.27. The van der Waals surface area contributed by atoms with Gasteiger partial charge in [0.2, 0.25) is 0 Å². The van der Waals surface area contributed by atoms with Gasteiger partial charge in [0.25, 0.3) is 0 Å². The van der Waals surface area contributed by atoms with Crippen LogP contribution in [0.3, 0.4) is 0 Å². The van der Waals surface area contributed by atoms with Crippen molar-refractivity contribution in [1.82, 2.24) is 0 Å². The molecule has 0 N–H and O–H groups in total. The van der Waals surface area contributed by atoms with Crippen molar-refractivity contribution in [3.05, 3.63) is 48.9 Å². The lowest BCUT2D eigenvalue weighted by Gasteiger charge is -2.21. The van der Waals surface area contributed by atoms with Gasteiger partial charge < -0.3 is 0 Å². The molecule has 1 rings (SSSR count). The SMILES string of the molecule is C=CCC1=PC(CC=C)=C1CC=C. The molecule has 0 aromatic heterocycles. The van der Waals surface area contributed by atoms with Crippen LogP contribution in [0.25, 0.3) is 0 Å². The first kappa shape index (κ1) is 10.2. The average Bonchev–Trinajstić information content (AvgIpc) is 2.13. The lowest BCUT2D eigenvalue weighted by atomic mass is 10.0. The second-order valence-electron chi connectivity index (χ2n) is 2.96. The summed E-state index contributed by atoms with van der Waals surface area (Å²) >= 11 is 0. The standard InChI is InChI=1S/C12H15P/c1-4-7-10-11(8-5-2)13-12(10)9-6-3/h4-6H,1-3,7-9H2. The van der Waals surface area contributed by atoms with Crippen LogP contribution in [0, 0.1) is 0 Å². The van der Waals surface area contributed by atoms with Crippen LogP contribution in [0.15, 0.2) is 48.9 Å². The molecule has 1 aliphatic heterocycles. The van der Waals surface area contributed by atoms with Crippen LogP contribution >= 0.6 is 8.20 Å². The van der Waals surface area contributed by atoms with E-state index in [1.165, 1.54) is 24.4 Å². The molecule has 0 aromatic carbocycles. The molecule has 0 atom stereocenters. The molecule has 0 radical (unpaired) electrons. The van der Waals surface area contributed by atoms with Gasteiger partial charge >= 0.3 is 0 Å². The van der Waals surface area contributed by atoms with Crippen LogP contribution in [0.1, 0.15) is 19.3 Å². The zero-order chi connectivity index (χ0) is 9.68. The van der Waals surface area contributed by atoms with Gasteiger partial charge in [0.05, 0.1) is 0 Å². The molecule has 0 saturated carbocycles. The number of allylic oxidation sites excluding steroid dienone is 5. The number of hydrogen-bond donors (Lipinski definition) is 0. The Labute approximate surface area is 82.2 Å². The van der Waals surface area contributed by atoms with E-state index >= 15 is 0 Å². The maximum atomic E-state index is 3.77. The fourth-order valence-electron chi connectivity index (χ4n) is 1.40. The maximum Gasteiger partial charge on any atom is -0.00532 e. The topological polar surface area (TPSA) is 0 Å². The smallest absolute Gasteiger partial charge is 0.00532 e. The number of rotatable bonds is 6. The van der Waals surface area contributed by atoms with Crippen LogP contribution in [-0.4, -0.2) is 5.29 Å². The Balaban J connectivity index is 2.65. The van der Waals surface area contributed by atoms with E-state index in [0.29, 0.717) is 0 Å². The summed E-state index contributed by atoms with van der Waals surface area (Å²) in [6.45, 7) is 11.3. The summed E-state index contributed by atoms with van der Waals surface area (Å²) < 4.78 is 0. The second kappa shape index (κ2) is 4.99. The lowest BCUT2D eigenvalue weighted by molar-refractivity contribution is 1.22. The van der Waals surface area contributed by atoms with Crippen molar-refractivity contribution < 1.29 is 0 Å². The molecule has 0 saturated heterocycles. The average molecular weight is 190 g/mol. The Kier molecular flexibility index (Phi) is 3.92. The van der Waals surface area contributed by atoms with Gasteiger partial charge in [-0.25, -0.2) is 0 Å². The van der Waals surface area contributed by atoms with E-state index in [0.717, 1.165) is 19.3 Å². The van der Waals surface area contributed by atoms with Crippen molar-refractivity contribution in [2.75, 3.05) is 0 Å². The Morgan fingerprint density at radius 2 is 1.54 bits per heavy atom. The van der Waals surface area contributed by atoms with Gasteiger partial charge in [0, 0.05) is 0 Å². The van der Waals surface area contributed by atoms with Crippen molar-refractivity contribution in [3.8, 4) is 0 Å². The third-order valence-corrected chi connectivity index (χ3v) is 3.44. The molecule has 1 heterocycles. The van der Waals surface area contributed by atoms with Crippen molar-refractivity contribution >= 4 is 13.5 Å². The van der Waals surface area contributed by atoms with Crippen LogP contribution in [0.4, 0.5) is 0 Å². The Morgan fingerprint density at radius 1 is 0.923 bits per heavy atom. The predicted molar refractivity (Wildman–Crippen MR) is 63.4 cm³/mol. The molecule has 1 aliphatic rings. The van der Waals surface area contributed by atoms with Crippen molar-refractivity contribution in [3.63, 3.8) is 0 Å². The zero-order valence-electron chi connectivity index (χ0n) is 7.92. The summed E-state index contributed by atoms with van der Waals surface area (Å²) in [4.78, 5) is 0. The van der Waals surface area contributed by atoms with E-state index in [1.807, 2.05) is 18.2 Å². The quantitative estimate of drug-likeness (QED) is 0.437. The van der Waals surface area contributed by atoms with E-state index in [9.17, 15) is 0 Å². The highest BCUT2D eigenvalue weighted by molar-refractivity contribution is 7.49. The van der Waals surface area contributed by atoms with E-state index in [2.05, 4.69) is 19.7 Å². The molecule has 0 fully saturated rings. The van der Waals surface area contributed by atoms with Crippen LogP contribution < -0.4 is 0 Å². The van der Waals surface area contributed by atoms with Crippen LogP contribution in [0.5, 0.6) is 0 Å². The zero-order valence-corrected chi connectivity index (χ0v) is 8.82. The van der Waals surface area contributed by atoms with Crippen molar-refractivity contribution in [2.24, 2.45) is 0 Å². The van der Waals surface area contributed by atoms with Gasteiger partial charge in [0.1, 0.15) is 0 Å². The third kappa shape index (κ3) is 2.29. The predicted octanol–water partition coefficient (Wildman–Crippen LogP) is 4.10. The van der Waals surface area contributed by atoms with Gasteiger partial charge in [-0.2, -0.15) is 0 Å². The first-order valence-corrected chi connectivity index (χ1v) is 5.35. The van der Waals surface area contributed by atoms with Gasteiger partial charge in [-0.15, -0.1) is 19.7 Å². The first-order valence-electron chi connectivity index (χ1n) is 4.46. The molecular weight excluding hydrogens is 175 g/mol. The maximum absolute atomic E-state index is 3.77. The van der Waals surface area contributed by atoms with Gasteiger partial charge in [-0.3, -0.25) is 0 Å². The minimum absolute atomic E-state index is 0.999. The highest BCUT2D eigenvalue weighted by atomic mass is 31.1. The van der Waals surface area contributed by atoms with Crippen molar-refractivity contribution in [2.45, 2.75) is 19.3 Å². The monoisotopic (exact) mass is 190 g/mol. The molecule has 0 aromatic rings. The third-order valence-electron chi connectivity index (χ3n) is 1.99. The summed E-state index contributed by atoms with van der Waals surface area (Å²) in [7, 11) is 1.39. The van der Waals surface area contributed by atoms with Crippen LogP contribution in [0.2, 0.25) is 0 Å². The van der Waals surface area contributed by atoms with E-state index in [4.69, 9.17) is 0 Å². The molecular formula is C12H15P. The number of hydrogen-bond acceptors (Lipinski definition) is 0. The van der Waals surface area contributed by atoms with E-state index in [-0.39, 0.29) is 0 Å². The molecule has 0 aliphatic carbocycles. The summed E-state index contributed by atoms with van der Waals surface area (Å²) in [5.41, 5.74) is 1.48. The summed E-state index contributed by atoms with van der Waals surface area (Å²) in [5.74, 6) is 0. The Bertz CT molecular complexity index is 292. The van der Waals surface area contributed by atoms with E-state index in [1.54, 1.807) is 0 Å². The fraction of sp³-hybridized carbons (Fsp3) is 0.250. The lowest BCUT2D eigenvalue weighted by Crippen LogP contribution is -2.08. The summed E-state index contributed by atoms with van der Waals surface area (Å²) in [6, 6.07) is 0. The summed E-state index contributed by atoms with van der Waals surface area (Å²) in [5, 5.41) is 3.01. The molecule has 0 amide bonds. The molecule has 0 unspecified atom stereocenters. The molecule has 68 valence electrons. The van der Waals surface area contributed by atoms with Gasteiger partial charge in [-0.1, -0.05) is 26.4 Å². The minimum atomic E-state index is 0.999. The highest BCUT2D eigenvalue weighted by Gasteiger charge is 2.16. The molecule has 13 heavy (non-hydrogen) atoms. The molecule has 0 nitrogen and oxygen atoms in total. The molecule has 0 bridgehead atoms. The summed E-state index contributed by atoms with van der Waals surface area (Å²) in [6.07, 6.45) is 8.94. The van der Waals surface area contributed by atoms with Crippen LogP contribution in [-0.2, 0) is 0 Å². The fourth-order valence-corrected chi connectivity index (χ4v) is 2.72. The van der Waals surface area contributed by atoms with Gasteiger partial charge in [-0.05, 0) is 35.4 Å². The highest BCUT2D eigenvalue weighted by Crippen LogP contribution is 2.39. The normalized spacial score (nSPS) is 15.8. The molecule has 1 heteroatoms. The van der Waals surface area contributed by atoms with Crippen molar-refractivity contribution in [1.29, 1.82) is 0 Å². The molecule has 0 spiro atoms. The van der Waals surface area contributed by atoms with Gasteiger partial charge in [0.15, 0.2) is 0 Å². The Hall–Kier alpha value is -0.870. The Morgan fingerprint density at radius 3 is 2.08 bits per heavy atom. The first-order chi connectivity index (χ1) is 6.33. The minimum Gasteiger partial charge on any atom is -0.103 e.